The second-order valence-electron chi connectivity index (χ2n) is 4.68. The van der Waals surface area contributed by atoms with Gasteiger partial charge in [-0.05, 0) is 39.0 Å². The average Bonchev–Trinajstić information content (AvgIpc) is 2.38. The first-order valence-corrected chi connectivity index (χ1v) is 7.95. The minimum atomic E-state index is -1.43. The summed E-state index contributed by atoms with van der Waals surface area (Å²) in [4.78, 5) is 23.6. The Balaban J connectivity index is 2.76. The molecule has 0 saturated carbocycles. The van der Waals surface area contributed by atoms with Crippen LogP contribution in [0.1, 0.15) is 20.8 Å². The lowest BCUT2D eigenvalue weighted by Gasteiger charge is -2.06. The fourth-order valence-corrected chi connectivity index (χ4v) is 2.60. The van der Waals surface area contributed by atoms with Crippen LogP contribution in [0, 0.1) is 0 Å². The molecule has 0 spiro atoms. The fraction of sp³-hybridized carbons (Fsp3) is 0.333. The number of amides is 2. The number of hydrogen-bond acceptors (Lipinski definition) is 3. The summed E-state index contributed by atoms with van der Waals surface area (Å²) < 4.78 is 12.1. The van der Waals surface area contributed by atoms with E-state index in [1.54, 1.807) is 31.2 Å². The highest BCUT2D eigenvalue weighted by atomic mass is 32.2. The summed E-state index contributed by atoms with van der Waals surface area (Å²) >= 11 is 0. The van der Waals surface area contributed by atoms with Crippen molar-refractivity contribution in [1.29, 1.82) is 0 Å². The van der Waals surface area contributed by atoms with E-state index in [-0.39, 0.29) is 17.6 Å². The van der Waals surface area contributed by atoms with E-state index < -0.39 is 10.8 Å². The molecule has 0 saturated heterocycles. The van der Waals surface area contributed by atoms with E-state index >= 15 is 0 Å². The molecule has 1 rings (SSSR count). The Morgan fingerprint density at radius 1 is 1.29 bits per heavy atom. The normalized spacial score (nSPS) is 11.4. The van der Waals surface area contributed by atoms with Gasteiger partial charge < -0.3 is 10.6 Å². The van der Waals surface area contributed by atoms with Crippen molar-refractivity contribution >= 4 is 28.3 Å². The van der Waals surface area contributed by atoms with E-state index in [1.807, 2.05) is 13.8 Å². The molecule has 0 bridgehead atoms. The maximum atomic E-state index is 12.1. The van der Waals surface area contributed by atoms with Crippen LogP contribution in [0.4, 0.5) is 5.69 Å². The molecule has 21 heavy (non-hydrogen) atoms. The molecule has 6 heteroatoms. The summed E-state index contributed by atoms with van der Waals surface area (Å²) in [5, 5.41) is 5.30. The largest absolute Gasteiger partial charge is 0.356 e. The van der Waals surface area contributed by atoms with Crippen molar-refractivity contribution < 1.29 is 13.8 Å². The van der Waals surface area contributed by atoms with Gasteiger partial charge in [-0.15, -0.1) is 0 Å². The fourth-order valence-electron chi connectivity index (χ4n) is 1.61. The van der Waals surface area contributed by atoms with Gasteiger partial charge in [0, 0.05) is 23.2 Å². The lowest BCUT2D eigenvalue weighted by molar-refractivity contribution is -0.118. The molecule has 1 aromatic carbocycles. The summed E-state index contributed by atoms with van der Waals surface area (Å²) in [7, 11) is -1.43. The lowest BCUT2D eigenvalue weighted by atomic mass is 10.3. The minimum absolute atomic E-state index is 0.0841. The topological polar surface area (TPSA) is 75.3 Å². The number of anilines is 1. The van der Waals surface area contributed by atoms with Crippen LogP contribution in [0.15, 0.2) is 40.8 Å². The zero-order chi connectivity index (χ0) is 15.8. The van der Waals surface area contributed by atoms with Crippen molar-refractivity contribution in [2.24, 2.45) is 0 Å². The Morgan fingerprint density at radius 3 is 2.62 bits per heavy atom. The van der Waals surface area contributed by atoms with Crippen molar-refractivity contribution in [1.82, 2.24) is 5.32 Å². The smallest absolute Gasteiger partial charge is 0.248 e. The summed E-state index contributed by atoms with van der Waals surface area (Å²) in [6.45, 7) is 5.98. The first-order chi connectivity index (χ1) is 9.92. The molecule has 1 aromatic rings. The first-order valence-electron chi connectivity index (χ1n) is 6.63. The molecular formula is C15H20N2O3S. The Kier molecular flexibility index (Phi) is 6.81. The molecule has 2 amide bonds. The van der Waals surface area contributed by atoms with Crippen LogP contribution in [-0.2, 0) is 20.4 Å². The van der Waals surface area contributed by atoms with E-state index in [2.05, 4.69) is 10.6 Å². The molecule has 5 nitrogen and oxygen atoms in total. The quantitative estimate of drug-likeness (QED) is 0.787. The second-order valence-corrected chi connectivity index (χ2v) is 6.13. The van der Waals surface area contributed by atoms with Crippen molar-refractivity contribution in [3.8, 4) is 0 Å². The third kappa shape index (κ3) is 6.35. The van der Waals surface area contributed by atoms with Gasteiger partial charge in [-0.3, -0.25) is 13.8 Å². The van der Waals surface area contributed by atoms with Crippen molar-refractivity contribution in [3.63, 3.8) is 0 Å². The summed E-state index contributed by atoms with van der Waals surface area (Å²) in [6.07, 6.45) is 1.48. The monoisotopic (exact) mass is 308 g/mol. The highest BCUT2D eigenvalue weighted by molar-refractivity contribution is 7.85. The first kappa shape index (κ1) is 17.1. The van der Waals surface area contributed by atoms with Crippen molar-refractivity contribution in [3.05, 3.63) is 35.9 Å². The number of carbonyl (C=O) groups is 2. The summed E-state index contributed by atoms with van der Waals surface area (Å²) in [5.41, 5.74) is 1.45. The van der Waals surface area contributed by atoms with Crippen LogP contribution < -0.4 is 10.6 Å². The van der Waals surface area contributed by atoms with E-state index in [0.717, 1.165) is 5.57 Å². The Labute approximate surface area is 127 Å². The molecule has 0 aliphatic carbocycles. The molecule has 1 atom stereocenters. The number of carbonyl (C=O) groups excluding carboxylic acids is 2. The predicted octanol–water partition coefficient (Wildman–Crippen LogP) is 1.83. The second kappa shape index (κ2) is 8.36. The van der Waals surface area contributed by atoms with Crippen LogP contribution in [0.3, 0.4) is 0 Å². The van der Waals surface area contributed by atoms with Gasteiger partial charge in [0.1, 0.15) is 5.75 Å². The molecule has 0 fully saturated rings. The molecule has 114 valence electrons. The third-order valence-corrected chi connectivity index (χ3v) is 3.72. The van der Waals surface area contributed by atoms with Gasteiger partial charge in [-0.1, -0.05) is 11.6 Å². The molecule has 0 aliphatic rings. The number of benzene rings is 1. The maximum Gasteiger partial charge on any atom is 0.248 e. The minimum Gasteiger partial charge on any atom is -0.356 e. The van der Waals surface area contributed by atoms with Gasteiger partial charge in [0.15, 0.2) is 0 Å². The SMILES string of the molecule is CCNC(=O)CS(=O)c1cccc(NC(=O)C=C(C)C)c1. The van der Waals surface area contributed by atoms with Crippen LogP contribution >= 0.6 is 0 Å². The summed E-state index contributed by atoms with van der Waals surface area (Å²) in [5.74, 6) is -0.573. The highest BCUT2D eigenvalue weighted by Crippen LogP contribution is 2.14. The van der Waals surface area contributed by atoms with Crippen molar-refractivity contribution in [2.45, 2.75) is 25.7 Å². The Hall–Kier alpha value is -1.95. The Bertz CT molecular complexity index is 578. The van der Waals surface area contributed by atoms with E-state index in [9.17, 15) is 13.8 Å². The van der Waals surface area contributed by atoms with E-state index in [1.165, 1.54) is 6.08 Å². The number of allylic oxidation sites excluding steroid dienone is 1. The van der Waals surface area contributed by atoms with Gasteiger partial charge in [-0.2, -0.15) is 0 Å². The van der Waals surface area contributed by atoms with Gasteiger partial charge >= 0.3 is 0 Å². The van der Waals surface area contributed by atoms with E-state index in [0.29, 0.717) is 17.1 Å². The van der Waals surface area contributed by atoms with Crippen LogP contribution in [-0.4, -0.2) is 28.3 Å². The zero-order valence-electron chi connectivity index (χ0n) is 12.4. The lowest BCUT2D eigenvalue weighted by Crippen LogP contribution is -2.27. The molecule has 0 heterocycles. The van der Waals surface area contributed by atoms with Crippen LogP contribution in [0.2, 0.25) is 0 Å². The third-order valence-electron chi connectivity index (χ3n) is 2.42. The van der Waals surface area contributed by atoms with Gasteiger partial charge in [-0.25, -0.2) is 0 Å². The molecular weight excluding hydrogens is 288 g/mol. The summed E-state index contributed by atoms with van der Waals surface area (Å²) in [6, 6.07) is 6.70. The van der Waals surface area contributed by atoms with Crippen molar-refractivity contribution in [2.75, 3.05) is 17.6 Å². The number of rotatable bonds is 6. The maximum absolute atomic E-state index is 12.1. The molecule has 1 unspecified atom stereocenters. The molecule has 0 aromatic heterocycles. The predicted molar refractivity (Wildman–Crippen MR) is 84.5 cm³/mol. The zero-order valence-corrected chi connectivity index (χ0v) is 13.3. The Morgan fingerprint density at radius 2 is 2.00 bits per heavy atom. The van der Waals surface area contributed by atoms with Gasteiger partial charge in [0.05, 0.1) is 10.8 Å². The van der Waals surface area contributed by atoms with Crippen LogP contribution in [0.5, 0.6) is 0 Å². The molecule has 0 aliphatic heterocycles. The molecule has 0 radical (unpaired) electrons. The standard InChI is InChI=1S/C15H20N2O3S/c1-4-16-15(19)10-21(20)13-7-5-6-12(9-13)17-14(18)8-11(2)3/h5-9H,4,10H2,1-3H3,(H,16,19)(H,17,18). The number of nitrogens with one attached hydrogen (secondary N) is 2. The van der Waals surface area contributed by atoms with Crippen LogP contribution in [0.25, 0.3) is 0 Å². The van der Waals surface area contributed by atoms with Gasteiger partial charge in [0.25, 0.3) is 0 Å². The average molecular weight is 308 g/mol. The highest BCUT2D eigenvalue weighted by Gasteiger charge is 2.10. The number of hydrogen-bond donors (Lipinski definition) is 2. The molecule has 2 N–H and O–H groups in total. The van der Waals surface area contributed by atoms with Gasteiger partial charge in [0.2, 0.25) is 11.8 Å². The van der Waals surface area contributed by atoms with E-state index in [4.69, 9.17) is 0 Å².